The lowest BCUT2D eigenvalue weighted by Gasteiger charge is -2.14. The van der Waals surface area contributed by atoms with Gasteiger partial charge >= 0.3 is 5.97 Å². The molecule has 1 atom stereocenters. The maximum Gasteiger partial charge on any atom is 0.341 e. The first kappa shape index (κ1) is 18.8. The van der Waals surface area contributed by atoms with E-state index in [1.165, 1.54) is 37.0 Å². The van der Waals surface area contributed by atoms with Gasteiger partial charge in [-0.15, -0.1) is 11.8 Å². The third-order valence-corrected chi connectivity index (χ3v) is 3.84. The number of hydrogen-bond acceptors (Lipinski definition) is 5. The number of hydrogen-bond donors (Lipinski definition) is 1. The van der Waals surface area contributed by atoms with E-state index in [1.54, 1.807) is 6.26 Å². The second kappa shape index (κ2) is 8.02. The number of halogens is 3. The van der Waals surface area contributed by atoms with Crippen molar-refractivity contribution in [1.29, 1.82) is 0 Å². The normalized spacial score (nSPS) is 11.7. The number of carbonyl (C=O) groups excluding carboxylic acids is 2. The molecule has 132 valence electrons. The molecule has 0 bridgehead atoms. The van der Waals surface area contributed by atoms with Crippen LogP contribution in [0.25, 0.3) is 0 Å². The molecule has 0 radical (unpaired) electrons. The standard InChI is InChI=1S/C16H13F3N2O3S/c1-8(24-16(23)9-4-3-7-20-15(9)25-2)14(22)21-11-6-5-10(17)12(18)13(11)19/h3-8H,1-2H3,(H,21,22)/t8-/m0/s1. The van der Waals surface area contributed by atoms with E-state index in [9.17, 15) is 22.8 Å². The predicted octanol–water partition coefficient (Wildman–Crippen LogP) is 3.40. The average molecular weight is 370 g/mol. The highest BCUT2D eigenvalue weighted by molar-refractivity contribution is 7.98. The quantitative estimate of drug-likeness (QED) is 0.496. The third-order valence-electron chi connectivity index (χ3n) is 3.13. The zero-order valence-electron chi connectivity index (χ0n) is 13.2. The van der Waals surface area contributed by atoms with E-state index >= 15 is 0 Å². The molecule has 1 N–H and O–H groups in total. The number of ether oxygens (including phenoxy) is 1. The molecule has 25 heavy (non-hydrogen) atoms. The molecule has 0 aliphatic carbocycles. The number of nitrogens with one attached hydrogen (secondary N) is 1. The number of esters is 1. The lowest BCUT2D eigenvalue weighted by atomic mass is 10.2. The summed E-state index contributed by atoms with van der Waals surface area (Å²) in [5.41, 5.74) is -0.383. The molecule has 2 aromatic rings. The van der Waals surface area contributed by atoms with Crippen molar-refractivity contribution < 1.29 is 27.5 Å². The number of anilines is 1. The summed E-state index contributed by atoms with van der Waals surface area (Å²) in [6.07, 6.45) is 1.93. The molecular formula is C16H13F3N2O3S. The van der Waals surface area contributed by atoms with Gasteiger partial charge in [-0.25, -0.2) is 22.9 Å². The summed E-state index contributed by atoms with van der Waals surface area (Å²) < 4.78 is 44.6. The summed E-state index contributed by atoms with van der Waals surface area (Å²) in [5.74, 6) is -6.30. The van der Waals surface area contributed by atoms with Gasteiger partial charge in [-0.05, 0) is 37.4 Å². The largest absolute Gasteiger partial charge is 0.449 e. The van der Waals surface area contributed by atoms with Crippen LogP contribution in [0.2, 0.25) is 0 Å². The fourth-order valence-electron chi connectivity index (χ4n) is 1.84. The van der Waals surface area contributed by atoms with Crippen molar-refractivity contribution in [2.75, 3.05) is 11.6 Å². The topological polar surface area (TPSA) is 68.3 Å². The number of nitrogens with zero attached hydrogens (tertiary/aromatic N) is 1. The molecule has 1 amide bonds. The van der Waals surface area contributed by atoms with Crippen LogP contribution in [0.1, 0.15) is 17.3 Å². The van der Waals surface area contributed by atoms with Crippen LogP contribution in [0.4, 0.5) is 18.9 Å². The number of rotatable bonds is 5. The lowest BCUT2D eigenvalue weighted by molar-refractivity contribution is -0.123. The van der Waals surface area contributed by atoms with Crippen molar-refractivity contribution in [1.82, 2.24) is 4.98 Å². The summed E-state index contributed by atoms with van der Waals surface area (Å²) in [6.45, 7) is 1.26. The molecule has 1 aromatic heterocycles. The molecule has 0 saturated heterocycles. The smallest absolute Gasteiger partial charge is 0.341 e. The maximum atomic E-state index is 13.6. The van der Waals surface area contributed by atoms with Crippen LogP contribution >= 0.6 is 11.8 Å². The van der Waals surface area contributed by atoms with Crippen molar-refractivity contribution in [2.45, 2.75) is 18.1 Å². The van der Waals surface area contributed by atoms with Crippen LogP contribution in [0.15, 0.2) is 35.5 Å². The Morgan fingerprint density at radius 3 is 2.60 bits per heavy atom. The van der Waals surface area contributed by atoms with Gasteiger partial charge in [0.2, 0.25) is 0 Å². The molecule has 0 spiro atoms. The molecule has 0 aliphatic heterocycles. The van der Waals surface area contributed by atoms with E-state index in [4.69, 9.17) is 4.74 Å². The SMILES string of the molecule is CSc1ncccc1C(=O)O[C@@H](C)C(=O)Nc1ccc(F)c(F)c1F. The lowest BCUT2D eigenvalue weighted by Crippen LogP contribution is -2.30. The highest BCUT2D eigenvalue weighted by Gasteiger charge is 2.23. The van der Waals surface area contributed by atoms with E-state index in [1.807, 2.05) is 5.32 Å². The van der Waals surface area contributed by atoms with Gasteiger partial charge in [0.1, 0.15) is 5.03 Å². The summed E-state index contributed by atoms with van der Waals surface area (Å²) in [4.78, 5) is 28.1. The Morgan fingerprint density at radius 2 is 1.92 bits per heavy atom. The third kappa shape index (κ3) is 4.30. The van der Waals surface area contributed by atoms with Crippen LogP contribution in [0.5, 0.6) is 0 Å². The fraction of sp³-hybridized carbons (Fsp3) is 0.188. The number of amides is 1. The summed E-state index contributed by atoms with van der Waals surface area (Å²) >= 11 is 1.23. The molecule has 5 nitrogen and oxygen atoms in total. The number of carbonyl (C=O) groups is 2. The Balaban J connectivity index is 2.08. The Hall–Kier alpha value is -2.55. The van der Waals surface area contributed by atoms with E-state index < -0.39 is 41.1 Å². The van der Waals surface area contributed by atoms with Gasteiger partial charge in [0.05, 0.1) is 11.3 Å². The molecule has 0 saturated carbocycles. The fourth-order valence-corrected chi connectivity index (χ4v) is 2.38. The van der Waals surface area contributed by atoms with Crippen LogP contribution in [-0.2, 0) is 9.53 Å². The first-order valence-electron chi connectivity index (χ1n) is 6.99. The van der Waals surface area contributed by atoms with Crippen molar-refractivity contribution in [3.05, 3.63) is 53.5 Å². The highest BCUT2D eigenvalue weighted by atomic mass is 32.2. The van der Waals surface area contributed by atoms with Crippen molar-refractivity contribution in [3.8, 4) is 0 Å². The molecular weight excluding hydrogens is 357 g/mol. The van der Waals surface area contributed by atoms with Gasteiger partial charge in [-0.2, -0.15) is 0 Å². The second-order valence-corrected chi connectivity index (χ2v) is 5.61. The van der Waals surface area contributed by atoms with Crippen LogP contribution in [-0.4, -0.2) is 29.2 Å². The minimum absolute atomic E-state index is 0.175. The Kier molecular flexibility index (Phi) is 6.02. The van der Waals surface area contributed by atoms with E-state index in [0.29, 0.717) is 11.1 Å². The number of aromatic nitrogens is 1. The van der Waals surface area contributed by atoms with Gasteiger partial charge in [0.15, 0.2) is 23.6 Å². The van der Waals surface area contributed by atoms with E-state index in [0.717, 1.165) is 6.07 Å². The molecule has 0 fully saturated rings. The molecule has 1 aromatic carbocycles. The predicted molar refractivity (Wildman–Crippen MR) is 85.8 cm³/mol. The minimum atomic E-state index is -1.71. The van der Waals surface area contributed by atoms with Gasteiger partial charge < -0.3 is 10.1 Å². The van der Waals surface area contributed by atoms with Crippen molar-refractivity contribution >= 4 is 29.3 Å². The summed E-state index contributed by atoms with van der Waals surface area (Å²) in [6, 6.07) is 4.57. The van der Waals surface area contributed by atoms with Crippen LogP contribution in [0, 0.1) is 17.5 Å². The van der Waals surface area contributed by atoms with Gasteiger partial charge in [0, 0.05) is 6.20 Å². The maximum absolute atomic E-state index is 13.6. The summed E-state index contributed by atoms with van der Waals surface area (Å²) in [5, 5.41) is 2.47. The zero-order valence-corrected chi connectivity index (χ0v) is 14.0. The van der Waals surface area contributed by atoms with E-state index in [-0.39, 0.29) is 5.56 Å². The molecule has 0 aliphatic rings. The highest BCUT2D eigenvalue weighted by Crippen LogP contribution is 2.21. The van der Waals surface area contributed by atoms with Gasteiger partial charge in [-0.1, -0.05) is 0 Å². The van der Waals surface area contributed by atoms with Crippen molar-refractivity contribution in [3.63, 3.8) is 0 Å². The zero-order chi connectivity index (χ0) is 18.6. The Bertz CT molecular complexity index is 817. The first-order chi connectivity index (χ1) is 11.8. The number of pyridine rings is 1. The molecule has 0 unspecified atom stereocenters. The van der Waals surface area contributed by atoms with Gasteiger partial charge in [0.25, 0.3) is 5.91 Å². The average Bonchev–Trinajstić information content (AvgIpc) is 2.61. The first-order valence-corrected chi connectivity index (χ1v) is 8.22. The van der Waals surface area contributed by atoms with Gasteiger partial charge in [-0.3, -0.25) is 4.79 Å². The van der Waals surface area contributed by atoms with Crippen LogP contribution in [0.3, 0.4) is 0 Å². The summed E-state index contributed by atoms with van der Waals surface area (Å²) in [7, 11) is 0. The molecule has 9 heteroatoms. The Morgan fingerprint density at radius 1 is 1.20 bits per heavy atom. The van der Waals surface area contributed by atoms with E-state index in [2.05, 4.69) is 4.98 Å². The molecule has 2 rings (SSSR count). The van der Waals surface area contributed by atoms with Crippen molar-refractivity contribution in [2.24, 2.45) is 0 Å². The number of benzene rings is 1. The number of thioether (sulfide) groups is 1. The minimum Gasteiger partial charge on any atom is -0.449 e. The second-order valence-electron chi connectivity index (χ2n) is 4.82. The molecule has 1 heterocycles. The monoisotopic (exact) mass is 370 g/mol. The van der Waals surface area contributed by atoms with Crippen LogP contribution < -0.4 is 5.32 Å². The Labute approximate surface area is 145 Å².